The number of hydrogen-bond donors (Lipinski definition) is 2. The molecule has 0 radical (unpaired) electrons. The molecule has 0 atom stereocenters. The molecule has 0 aromatic carbocycles. The number of halogens is 1. The molecular weight excluding hydrogens is 252 g/mol. The zero-order chi connectivity index (χ0) is 13.0. The molecule has 6 heteroatoms. The molecule has 0 fully saturated rings. The van der Waals surface area contributed by atoms with E-state index in [1.165, 1.54) is 0 Å². The van der Waals surface area contributed by atoms with Crippen LogP contribution in [-0.2, 0) is 13.0 Å². The maximum atomic E-state index is 5.98. The predicted molar refractivity (Wildman–Crippen MR) is 71.5 cm³/mol. The van der Waals surface area contributed by atoms with E-state index in [1.54, 1.807) is 6.26 Å². The molecular formula is C12H15ClN4O. The molecule has 0 aliphatic carbocycles. The van der Waals surface area contributed by atoms with Crippen LogP contribution in [0.3, 0.4) is 0 Å². The van der Waals surface area contributed by atoms with Gasteiger partial charge in [0.25, 0.3) is 0 Å². The van der Waals surface area contributed by atoms with Gasteiger partial charge in [-0.1, -0.05) is 18.5 Å². The van der Waals surface area contributed by atoms with Crippen LogP contribution in [0.4, 0.5) is 11.5 Å². The Labute approximate surface area is 110 Å². The standard InChI is InChI=1S/C12H15ClN4O/c1-2-4-9-16-11(13)10(14)12(17-9)15-7-8-5-3-6-18-8/h3,5-6H,2,4,7,14H2,1H3,(H,15,16,17). The fourth-order valence-electron chi connectivity index (χ4n) is 1.54. The molecule has 96 valence electrons. The third kappa shape index (κ3) is 2.92. The van der Waals surface area contributed by atoms with Crippen LogP contribution in [0.1, 0.15) is 24.9 Å². The summed E-state index contributed by atoms with van der Waals surface area (Å²) in [6, 6.07) is 3.70. The van der Waals surface area contributed by atoms with Crippen LogP contribution in [0.25, 0.3) is 0 Å². The normalized spacial score (nSPS) is 10.6. The van der Waals surface area contributed by atoms with Crippen molar-refractivity contribution in [2.45, 2.75) is 26.3 Å². The van der Waals surface area contributed by atoms with E-state index in [1.807, 2.05) is 12.1 Å². The molecule has 0 amide bonds. The number of nitrogens with one attached hydrogen (secondary N) is 1. The highest BCUT2D eigenvalue weighted by atomic mass is 35.5. The first-order valence-electron chi connectivity index (χ1n) is 5.79. The minimum absolute atomic E-state index is 0.287. The van der Waals surface area contributed by atoms with Crippen molar-refractivity contribution in [3.05, 3.63) is 35.1 Å². The van der Waals surface area contributed by atoms with Crippen molar-refractivity contribution in [1.82, 2.24) is 9.97 Å². The molecule has 2 heterocycles. The second kappa shape index (κ2) is 5.73. The van der Waals surface area contributed by atoms with Crippen LogP contribution in [0.5, 0.6) is 0 Å². The zero-order valence-corrected chi connectivity index (χ0v) is 10.9. The van der Waals surface area contributed by atoms with Crippen molar-refractivity contribution in [2.75, 3.05) is 11.1 Å². The van der Waals surface area contributed by atoms with Gasteiger partial charge in [0.2, 0.25) is 0 Å². The number of nitrogens with zero attached hydrogens (tertiary/aromatic N) is 2. The van der Waals surface area contributed by atoms with E-state index in [0.717, 1.165) is 18.6 Å². The summed E-state index contributed by atoms with van der Waals surface area (Å²) in [6.45, 7) is 2.57. The Balaban J connectivity index is 2.15. The third-order valence-electron chi connectivity index (χ3n) is 2.43. The molecule has 2 aromatic heterocycles. The lowest BCUT2D eigenvalue weighted by molar-refractivity contribution is 0.518. The number of nitrogen functional groups attached to an aromatic ring is 1. The molecule has 0 spiro atoms. The molecule has 2 aromatic rings. The maximum absolute atomic E-state index is 5.98. The number of aromatic nitrogens is 2. The van der Waals surface area contributed by atoms with Crippen LogP contribution < -0.4 is 11.1 Å². The molecule has 0 aliphatic rings. The zero-order valence-electron chi connectivity index (χ0n) is 10.1. The van der Waals surface area contributed by atoms with Crippen molar-refractivity contribution in [3.8, 4) is 0 Å². The van der Waals surface area contributed by atoms with E-state index < -0.39 is 0 Å². The number of anilines is 2. The molecule has 18 heavy (non-hydrogen) atoms. The molecule has 0 saturated heterocycles. The van der Waals surface area contributed by atoms with Crippen LogP contribution in [0, 0.1) is 0 Å². The smallest absolute Gasteiger partial charge is 0.157 e. The predicted octanol–water partition coefficient (Wildman–Crippen LogP) is 2.87. The molecule has 2 rings (SSSR count). The summed E-state index contributed by atoms with van der Waals surface area (Å²) < 4.78 is 5.22. The first-order valence-corrected chi connectivity index (χ1v) is 6.16. The van der Waals surface area contributed by atoms with Gasteiger partial charge in [-0.25, -0.2) is 9.97 Å². The van der Waals surface area contributed by atoms with Gasteiger partial charge in [-0.15, -0.1) is 0 Å². The molecule has 0 unspecified atom stereocenters. The van der Waals surface area contributed by atoms with Crippen molar-refractivity contribution in [2.24, 2.45) is 0 Å². The van der Waals surface area contributed by atoms with Crippen molar-refractivity contribution in [3.63, 3.8) is 0 Å². The number of hydrogen-bond acceptors (Lipinski definition) is 5. The van der Waals surface area contributed by atoms with Gasteiger partial charge in [-0.3, -0.25) is 0 Å². The second-order valence-electron chi connectivity index (χ2n) is 3.88. The summed E-state index contributed by atoms with van der Waals surface area (Å²) in [4.78, 5) is 8.48. The number of aryl methyl sites for hydroxylation is 1. The van der Waals surface area contributed by atoms with Gasteiger partial charge in [0, 0.05) is 6.42 Å². The lowest BCUT2D eigenvalue weighted by Gasteiger charge is -2.09. The maximum Gasteiger partial charge on any atom is 0.157 e. The summed E-state index contributed by atoms with van der Waals surface area (Å²) >= 11 is 5.98. The highest BCUT2D eigenvalue weighted by Gasteiger charge is 2.10. The van der Waals surface area contributed by atoms with E-state index in [4.69, 9.17) is 21.8 Å². The Morgan fingerprint density at radius 3 is 2.94 bits per heavy atom. The van der Waals surface area contributed by atoms with Gasteiger partial charge in [-0.2, -0.15) is 0 Å². The Kier molecular flexibility index (Phi) is 4.04. The van der Waals surface area contributed by atoms with Gasteiger partial charge in [-0.05, 0) is 18.6 Å². The first-order chi connectivity index (χ1) is 8.70. The van der Waals surface area contributed by atoms with Gasteiger partial charge >= 0.3 is 0 Å². The van der Waals surface area contributed by atoms with Crippen molar-refractivity contribution < 1.29 is 4.42 Å². The Bertz CT molecular complexity index is 513. The van der Waals surface area contributed by atoms with Gasteiger partial charge in [0.05, 0.1) is 12.8 Å². The summed E-state index contributed by atoms with van der Waals surface area (Å²) in [5, 5.41) is 3.39. The summed E-state index contributed by atoms with van der Waals surface area (Å²) in [5.74, 6) is 2.05. The van der Waals surface area contributed by atoms with E-state index in [2.05, 4.69) is 22.2 Å². The average molecular weight is 267 g/mol. The Hall–Kier alpha value is -1.75. The van der Waals surface area contributed by atoms with Crippen molar-refractivity contribution in [1.29, 1.82) is 0 Å². The minimum atomic E-state index is 0.287. The van der Waals surface area contributed by atoms with E-state index >= 15 is 0 Å². The fraction of sp³-hybridized carbons (Fsp3) is 0.333. The molecule has 5 nitrogen and oxygen atoms in total. The van der Waals surface area contributed by atoms with Crippen LogP contribution >= 0.6 is 11.6 Å². The minimum Gasteiger partial charge on any atom is -0.467 e. The lowest BCUT2D eigenvalue weighted by Crippen LogP contribution is -2.08. The SMILES string of the molecule is CCCc1nc(Cl)c(N)c(NCc2ccco2)n1. The van der Waals surface area contributed by atoms with Gasteiger partial charge in [0.15, 0.2) is 11.0 Å². The van der Waals surface area contributed by atoms with Gasteiger partial charge < -0.3 is 15.5 Å². The third-order valence-corrected chi connectivity index (χ3v) is 2.72. The quantitative estimate of drug-likeness (QED) is 0.814. The lowest BCUT2D eigenvalue weighted by atomic mass is 10.3. The monoisotopic (exact) mass is 266 g/mol. The molecule has 0 bridgehead atoms. The summed E-state index contributed by atoms with van der Waals surface area (Å²) in [5.41, 5.74) is 6.20. The van der Waals surface area contributed by atoms with Crippen LogP contribution in [-0.4, -0.2) is 9.97 Å². The van der Waals surface area contributed by atoms with E-state index in [0.29, 0.717) is 23.9 Å². The van der Waals surface area contributed by atoms with Crippen LogP contribution in [0.2, 0.25) is 5.15 Å². The molecule has 3 N–H and O–H groups in total. The van der Waals surface area contributed by atoms with Gasteiger partial charge in [0.1, 0.15) is 17.3 Å². The first kappa shape index (κ1) is 12.7. The van der Waals surface area contributed by atoms with E-state index in [9.17, 15) is 0 Å². The van der Waals surface area contributed by atoms with Crippen LogP contribution in [0.15, 0.2) is 22.8 Å². The fourth-order valence-corrected chi connectivity index (χ4v) is 1.73. The molecule has 0 aliphatic heterocycles. The largest absolute Gasteiger partial charge is 0.467 e. The van der Waals surface area contributed by atoms with Crippen molar-refractivity contribution >= 4 is 23.1 Å². The highest BCUT2D eigenvalue weighted by molar-refractivity contribution is 6.32. The molecule has 0 saturated carbocycles. The number of nitrogens with two attached hydrogens (primary N) is 1. The Morgan fingerprint density at radius 2 is 2.28 bits per heavy atom. The number of rotatable bonds is 5. The Morgan fingerprint density at radius 1 is 1.44 bits per heavy atom. The van der Waals surface area contributed by atoms with E-state index in [-0.39, 0.29) is 5.15 Å². The average Bonchev–Trinajstić information content (AvgIpc) is 2.85. The summed E-state index contributed by atoms with van der Waals surface area (Å²) in [7, 11) is 0. The highest BCUT2D eigenvalue weighted by Crippen LogP contribution is 2.24. The topological polar surface area (TPSA) is 77.0 Å². The summed E-state index contributed by atoms with van der Waals surface area (Å²) in [6.07, 6.45) is 3.35. The second-order valence-corrected chi connectivity index (χ2v) is 4.23. The number of furan rings is 1.